The van der Waals surface area contributed by atoms with Crippen molar-refractivity contribution in [3.05, 3.63) is 30.3 Å². The minimum Gasteiger partial charge on any atom is -0.459 e. The maximum atomic E-state index is 11.2. The maximum absolute atomic E-state index is 11.2. The average molecular weight is 274 g/mol. The van der Waals surface area contributed by atoms with Gasteiger partial charge < -0.3 is 4.74 Å². The standard InChI is InChI=1S/C16H22O2Si/c1-13(2)15(11-12-16(17)18-3)19(4,5)14-9-7-6-8-10-14/h6-10,13,15H,1-5H3. The molecule has 0 radical (unpaired) electrons. The van der Waals surface area contributed by atoms with E-state index in [4.69, 9.17) is 0 Å². The Balaban J connectivity index is 3.11. The lowest BCUT2D eigenvalue weighted by Gasteiger charge is -2.32. The number of carbonyl (C=O) groups is 1. The second kappa shape index (κ2) is 6.58. The smallest absolute Gasteiger partial charge is 0.384 e. The summed E-state index contributed by atoms with van der Waals surface area (Å²) in [6.07, 6.45) is 0. The molecule has 0 aliphatic heterocycles. The summed E-state index contributed by atoms with van der Waals surface area (Å²) in [5.41, 5.74) is 0.231. The molecule has 1 aromatic rings. The SMILES string of the molecule is COC(=O)C#CC(C(C)C)[Si](C)(C)c1ccccc1. The molecule has 0 amide bonds. The highest BCUT2D eigenvalue weighted by Crippen LogP contribution is 2.29. The summed E-state index contributed by atoms with van der Waals surface area (Å²) in [5, 5.41) is 1.37. The van der Waals surface area contributed by atoms with Crippen molar-refractivity contribution >= 4 is 19.2 Å². The molecule has 1 unspecified atom stereocenters. The fourth-order valence-electron chi connectivity index (χ4n) is 2.42. The van der Waals surface area contributed by atoms with E-state index < -0.39 is 14.0 Å². The van der Waals surface area contributed by atoms with E-state index in [1.54, 1.807) is 0 Å². The summed E-state index contributed by atoms with van der Waals surface area (Å²) in [6, 6.07) is 10.5. The highest BCUT2D eigenvalue weighted by molar-refractivity contribution is 6.91. The molecule has 19 heavy (non-hydrogen) atoms. The highest BCUT2D eigenvalue weighted by atomic mass is 28.3. The van der Waals surface area contributed by atoms with Crippen LogP contribution in [-0.2, 0) is 9.53 Å². The van der Waals surface area contributed by atoms with Crippen molar-refractivity contribution in [1.29, 1.82) is 0 Å². The van der Waals surface area contributed by atoms with Crippen molar-refractivity contribution in [3.63, 3.8) is 0 Å². The van der Waals surface area contributed by atoms with Gasteiger partial charge in [-0.2, -0.15) is 0 Å². The molecule has 3 heteroatoms. The second-order valence-electron chi connectivity index (χ2n) is 5.57. The normalized spacial score (nSPS) is 12.5. The molecule has 0 heterocycles. The molecule has 0 bridgehead atoms. The van der Waals surface area contributed by atoms with Gasteiger partial charge in [0.1, 0.15) is 0 Å². The Labute approximate surface area is 117 Å². The zero-order valence-corrected chi connectivity index (χ0v) is 13.4. The third-order valence-electron chi connectivity index (χ3n) is 3.48. The Morgan fingerprint density at radius 2 is 1.79 bits per heavy atom. The summed E-state index contributed by atoms with van der Waals surface area (Å²) in [4.78, 5) is 11.2. The van der Waals surface area contributed by atoms with Crippen LogP contribution in [0.5, 0.6) is 0 Å². The first-order valence-electron chi connectivity index (χ1n) is 6.54. The monoisotopic (exact) mass is 274 g/mol. The van der Waals surface area contributed by atoms with E-state index in [1.165, 1.54) is 12.3 Å². The molecular weight excluding hydrogens is 252 g/mol. The quantitative estimate of drug-likeness (QED) is 0.367. The van der Waals surface area contributed by atoms with Crippen molar-refractivity contribution in [3.8, 4) is 11.8 Å². The molecule has 0 N–H and O–H groups in total. The number of carbonyl (C=O) groups excluding carboxylic acids is 1. The number of benzene rings is 1. The Morgan fingerprint density at radius 3 is 2.26 bits per heavy atom. The summed E-state index contributed by atoms with van der Waals surface area (Å²) >= 11 is 0. The van der Waals surface area contributed by atoms with Crippen molar-refractivity contribution in [1.82, 2.24) is 0 Å². The lowest BCUT2D eigenvalue weighted by Crippen LogP contribution is -2.47. The molecule has 0 aromatic heterocycles. The molecule has 102 valence electrons. The average Bonchev–Trinajstić information content (AvgIpc) is 2.39. The van der Waals surface area contributed by atoms with Gasteiger partial charge in [0.15, 0.2) is 0 Å². The minimum atomic E-state index is -1.73. The predicted octanol–water partition coefficient (Wildman–Crippen LogP) is 2.80. The van der Waals surface area contributed by atoms with Crippen LogP contribution in [0.25, 0.3) is 0 Å². The van der Waals surface area contributed by atoms with Gasteiger partial charge in [-0.25, -0.2) is 4.79 Å². The number of esters is 1. The van der Waals surface area contributed by atoms with Gasteiger partial charge in [-0.3, -0.25) is 0 Å². The van der Waals surface area contributed by atoms with E-state index in [9.17, 15) is 4.79 Å². The van der Waals surface area contributed by atoms with Crippen LogP contribution in [0.15, 0.2) is 30.3 Å². The van der Waals surface area contributed by atoms with Crippen molar-refractivity contribution in [2.24, 2.45) is 5.92 Å². The summed E-state index contributed by atoms with van der Waals surface area (Å²) in [6.45, 7) is 8.93. The van der Waals surface area contributed by atoms with Crippen LogP contribution in [0.3, 0.4) is 0 Å². The maximum Gasteiger partial charge on any atom is 0.384 e. The lowest BCUT2D eigenvalue weighted by atomic mass is 10.1. The first-order valence-corrected chi connectivity index (χ1v) is 9.62. The van der Waals surface area contributed by atoms with Crippen LogP contribution in [0, 0.1) is 17.8 Å². The van der Waals surface area contributed by atoms with E-state index in [2.05, 4.69) is 67.8 Å². The number of ether oxygens (including phenoxy) is 1. The molecule has 0 aliphatic rings. The second-order valence-corrected chi connectivity index (χ2v) is 10.2. The Bertz CT molecular complexity index is 480. The van der Waals surface area contributed by atoms with Gasteiger partial charge in [0, 0.05) is 11.5 Å². The Morgan fingerprint density at radius 1 is 1.21 bits per heavy atom. The van der Waals surface area contributed by atoms with Crippen LogP contribution in [0.1, 0.15) is 13.8 Å². The first kappa shape index (κ1) is 15.5. The number of methoxy groups -OCH3 is 1. The molecule has 1 rings (SSSR count). The largest absolute Gasteiger partial charge is 0.459 e. The van der Waals surface area contributed by atoms with Crippen LogP contribution >= 0.6 is 0 Å². The molecule has 0 fully saturated rings. The lowest BCUT2D eigenvalue weighted by molar-refractivity contribution is -0.133. The van der Waals surface area contributed by atoms with Gasteiger partial charge in [0.25, 0.3) is 0 Å². The number of rotatable bonds is 3. The molecule has 2 nitrogen and oxygen atoms in total. The van der Waals surface area contributed by atoms with E-state index in [-0.39, 0.29) is 5.54 Å². The molecule has 0 saturated heterocycles. The molecule has 0 spiro atoms. The molecule has 1 aromatic carbocycles. The van der Waals surface area contributed by atoms with Crippen LogP contribution in [0.2, 0.25) is 18.6 Å². The van der Waals surface area contributed by atoms with Crippen LogP contribution < -0.4 is 5.19 Å². The third-order valence-corrected chi connectivity index (χ3v) is 7.66. The van der Waals surface area contributed by atoms with Crippen LogP contribution in [-0.4, -0.2) is 21.2 Å². The van der Waals surface area contributed by atoms with Gasteiger partial charge >= 0.3 is 5.97 Å². The Kier molecular flexibility index (Phi) is 5.38. The predicted molar refractivity (Wildman–Crippen MR) is 81.9 cm³/mol. The van der Waals surface area contributed by atoms with Crippen LogP contribution in [0.4, 0.5) is 0 Å². The van der Waals surface area contributed by atoms with Gasteiger partial charge in [0.05, 0.1) is 15.2 Å². The van der Waals surface area contributed by atoms with E-state index >= 15 is 0 Å². The topological polar surface area (TPSA) is 26.3 Å². The van der Waals surface area contributed by atoms with E-state index in [0.717, 1.165) is 0 Å². The molecular formula is C16H22O2Si. The van der Waals surface area contributed by atoms with E-state index in [0.29, 0.717) is 5.92 Å². The summed E-state index contributed by atoms with van der Waals surface area (Å²) in [5.74, 6) is 5.72. The van der Waals surface area contributed by atoms with E-state index in [1.807, 2.05) is 6.07 Å². The zero-order chi connectivity index (χ0) is 14.5. The highest BCUT2D eigenvalue weighted by Gasteiger charge is 2.34. The third kappa shape index (κ3) is 3.97. The van der Waals surface area contributed by atoms with Crippen molar-refractivity contribution < 1.29 is 9.53 Å². The van der Waals surface area contributed by atoms with Gasteiger partial charge in [0.2, 0.25) is 0 Å². The number of hydrogen-bond donors (Lipinski definition) is 0. The van der Waals surface area contributed by atoms with Gasteiger partial charge in [-0.1, -0.05) is 68.4 Å². The fourth-order valence-corrected chi connectivity index (χ4v) is 5.93. The van der Waals surface area contributed by atoms with Gasteiger partial charge in [-0.05, 0) is 5.92 Å². The molecule has 0 saturated carbocycles. The molecule has 0 aliphatic carbocycles. The van der Waals surface area contributed by atoms with Crippen molar-refractivity contribution in [2.45, 2.75) is 32.5 Å². The fraction of sp³-hybridized carbons (Fsp3) is 0.438. The minimum absolute atomic E-state index is 0.231. The van der Waals surface area contributed by atoms with Gasteiger partial charge in [-0.15, -0.1) is 0 Å². The summed E-state index contributed by atoms with van der Waals surface area (Å²) < 4.78 is 4.60. The van der Waals surface area contributed by atoms with Crippen molar-refractivity contribution in [2.75, 3.05) is 7.11 Å². The molecule has 1 atom stereocenters. The number of hydrogen-bond acceptors (Lipinski definition) is 2. The summed E-state index contributed by atoms with van der Waals surface area (Å²) in [7, 11) is -0.371. The zero-order valence-electron chi connectivity index (χ0n) is 12.4. The Hall–Kier alpha value is -1.53. The first-order chi connectivity index (χ1) is 8.89.